The third kappa shape index (κ3) is 1.94. The highest BCUT2D eigenvalue weighted by Gasteiger charge is 2.08. The number of hydrogen-bond donors (Lipinski definition) is 1. The van der Waals surface area contributed by atoms with Crippen LogP contribution < -0.4 is 10.6 Å². The predicted molar refractivity (Wildman–Crippen MR) is 66.3 cm³/mol. The van der Waals surface area contributed by atoms with Gasteiger partial charge in [0.2, 0.25) is 0 Å². The summed E-state index contributed by atoms with van der Waals surface area (Å²) in [5.74, 6) is 0. The Bertz CT molecular complexity index is 462. The number of anilines is 2. The number of para-hydroxylation sites is 1. The lowest BCUT2D eigenvalue weighted by Crippen LogP contribution is -2.09. The van der Waals surface area contributed by atoms with Crippen molar-refractivity contribution < 1.29 is 0 Å². The van der Waals surface area contributed by atoms with E-state index in [1.54, 1.807) is 0 Å². The Hall–Kier alpha value is -1.55. The van der Waals surface area contributed by atoms with E-state index in [-0.39, 0.29) is 0 Å². The number of hydrogen-bond acceptors (Lipinski definition) is 4. The van der Waals surface area contributed by atoms with Crippen LogP contribution in [0.15, 0.2) is 29.6 Å². The van der Waals surface area contributed by atoms with Crippen molar-refractivity contribution in [2.24, 2.45) is 0 Å². The molecule has 4 heteroatoms. The van der Waals surface area contributed by atoms with Gasteiger partial charge in [-0.2, -0.15) is 0 Å². The SMILES string of the molecule is CN(C)c1ccccc1-c1csc(N)n1. The Labute approximate surface area is 93.2 Å². The van der Waals surface area contributed by atoms with E-state index >= 15 is 0 Å². The highest BCUT2D eigenvalue weighted by molar-refractivity contribution is 7.13. The maximum Gasteiger partial charge on any atom is 0.180 e. The summed E-state index contributed by atoms with van der Waals surface area (Å²) in [6.07, 6.45) is 0. The monoisotopic (exact) mass is 219 g/mol. The van der Waals surface area contributed by atoms with Crippen LogP contribution in [0.2, 0.25) is 0 Å². The third-order valence-electron chi connectivity index (χ3n) is 2.18. The van der Waals surface area contributed by atoms with Crippen LogP contribution in [0.3, 0.4) is 0 Å². The Morgan fingerprint density at radius 3 is 2.60 bits per heavy atom. The number of thiazole rings is 1. The fraction of sp³-hybridized carbons (Fsp3) is 0.182. The van der Waals surface area contributed by atoms with Gasteiger partial charge in [-0.1, -0.05) is 18.2 Å². The summed E-state index contributed by atoms with van der Waals surface area (Å²) < 4.78 is 0. The molecule has 2 N–H and O–H groups in total. The third-order valence-corrected chi connectivity index (χ3v) is 2.86. The molecule has 2 rings (SSSR count). The van der Waals surface area contributed by atoms with E-state index in [0.29, 0.717) is 5.13 Å². The first-order chi connectivity index (χ1) is 7.18. The van der Waals surface area contributed by atoms with Crippen LogP contribution in [0, 0.1) is 0 Å². The summed E-state index contributed by atoms with van der Waals surface area (Å²) in [6, 6.07) is 8.17. The lowest BCUT2D eigenvalue weighted by atomic mass is 10.1. The van der Waals surface area contributed by atoms with Crippen molar-refractivity contribution in [3.8, 4) is 11.3 Å². The topological polar surface area (TPSA) is 42.1 Å². The minimum atomic E-state index is 0.610. The average molecular weight is 219 g/mol. The van der Waals surface area contributed by atoms with Gasteiger partial charge in [0.1, 0.15) is 0 Å². The van der Waals surface area contributed by atoms with Crippen molar-refractivity contribution in [1.82, 2.24) is 4.98 Å². The Kier molecular flexibility index (Phi) is 2.60. The van der Waals surface area contributed by atoms with E-state index in [1.807, 2.05) is 31.6 Å². The molecule has 0 amide bonds. The van der Waals surface area contributed by atoms with Gasteiger partial charge in [0.05, 0.1) is 5.69 Å². The van der Waals surface area contributed by atoms with Gasteiger partial charge in [0.15, 0.2) is 5.13 Å². The van der Waals surface area contributed by atoms with Gasteiger partial charge in [-0.15, -0.1) is 11.3 Å². The molecule has 1 heterocycles. The minimum Gasteiger partial charge on any atom is -0.377 e. The lowest BCUT2D eigenvalue weighted by molar-refractivity contribution is 1.13. The second-order valence-corrected chi connectivity index (χ2v) is 4.37. The van der Waals surface area contributed by atoms with Crippen molar-refractivity contribution in [1.29, 1.82) is 0 Å². The Morgan fingerprint density at radius 1 is 1.27 bits per heavy atom. The molecular formula is C11H13N3S. The number of aromatic nitrogens is 1. The lowest BCUT2D eigenvalue weighted by Gasteiger charge is -2.15. The second-order valence-electron chi connectivity index (χ2n) is 3.48. The highest BCUT2D eigenvalue weighted by Crippen LogP contribution is 2.30. The number of nitrogen functional groups attached to an aromatic ring is 1. The Balaban J connectivity index is 2.52. The summed E-state index contributed by atoms with van der Waals surface area (Å²) in [5, 5.41) is 2.59. The van der Waals surface area contributed by atoms with Gasteiger partial charge in [0, 0.05) is 30.7 Å². The molecule has 0 unspecified atom stereocenters. The molecular weight excluding hydrogens is 206 g/mol. The summed E-state index contributed by atoms with van der Waals surface area (Å²) in [4.78, 5) is 6.37. The van der Waals surface area contributed by atoms with E-state index < -0.39 is 0 Å². The maximum atomic E-state index is 5.64. The van der Waals surface area contributed by atoms with Gasteiger partial charge in [0.25, 0.3) is 0 Å². The number of nitrogens with zero attached hydrogens (tertiary/aromatic N) is 2. The van der Waals surface area contributed by atoms with Crippen molar-refractivity contribution >= 4 is 22.2 Å². The predicted octanol–water partition coefficient (Wildman–Crippen LogP) is 2.46. The molecule has 0 bridgehead atoms. The van der Waals surface area contributed by atoms with E-state index in [4.69, 9.17) is 5.73 Å². The van der Waals surface area contributed by atoms with Crippen LogP contribution in [0.4, 0.5) is 10.8 Å². The first-order valence-corrected chi connectivity index (χ1v) is 5.54. The molecule has 0 aliphatic carbocycles. The van der Waals surface area contributed by atoms with Crippen LogP contribution in [-0.2, 0) is 0 Å². The number of nitrogens with two attached hydrogens (primary N) is 1. The second kappa shape index (κ2) is 3.90. The molecule has 78 valence electrons. The van der Waals surface area contributed by atoms with Crippen molar-refractivity contribution in [2.75, 3.05) is 24.7 Å². The van der Waals surface area contributed by atoms with Crippen molar-refractivity contribution in [2.45, 2.75) is 0 Å². The van der Waals surface area contributed by atoms with Crippen LogP contribution in [-0.4, -0.2) is 19.1 Å². The van der Waals surface area contributed by atoms with Gasteiger partial charge in [-0.25, -0.2) is 4.98 Å². The molecule has 0 spiro atoms. The molecule has 1 aromatic carbocycles. The fourth-order valence-electron chi connectivity index (χ4n) is 1.49. The summed E-state index contributed by atoms with van der Waals surface area (Å²) >= 11 is 1.47. The van der Waals surface area contributed by atoms with Gasteiger partial charge in [-0.05, 0) is 6.07 Å². The smallest absolute Gasteiger partial charge is 0.180 e. The molecule has 1 aromatic heterocycles. The van der Waals surface area contributed by atoms with Crippen LogP contribution in [0.25, 0.3) is 11.3 Å². The van der Waals surface area contributed by atoms with Crippen LogP contribution in [0.1, 0.15) is 0 Å². The van der Waals surface area contributed by atoms with Crippen molar-refractivity contribution in [3.05, 3.63) is 29.6 Å². The zero-order valence-electron chi connectivity index (χ0n) is 8.77. The molecule has 0 radical (unpaired) electrons. The number of benzene rings is 1. The molecule has 0 fully saturated rings. The first-order valence-electron chi connectivity index (χ1n) is 4.66. The first kappa shape index (κ1) is 9.98. The molecule has 0 saturated carbocycles. The van der Waals surface area contributed by atoms with Crippen LogP contribution in [0.5, 0.6) is 0 Å². The van der Waals surface area contributed by atoms with Gasteiger partial charge < -0.3 is 10.6 Å². The van der Waals surface area contributed by atoms with Crippen LogP contribution >= 0.6 is 11.3 Å². The van der Waals surface area contributed by atoms with Gasteiger partial charge in [-0.3, -0.25) is 0 Å². The minimum absolute atomic E-state index is 0.610. The zero-order valence-corrected chi connectivity index (χ0v) is 9.58. The maximum absolute atomic E-state index is 5.64. The van der Waals surface area contributed by atoms with E-state index in [2.05, 4.69) is 22.0 Å². The molecule has 0 aliphatic rings. The van der Waals surface area contributed by atoms with Gasteiger partial charge >= 0.3 is 0 Å². The normalized spacial score (nSPS) is 10.3. The highest BCUT2D eigenvalue weighted by atomic mass is 32.1. The fourth-order valence-corrected chi connectivity index (χ4v) is 2.05. The summed E-state index contributed by atoms with van der Waals surface area (Å²) in [7, 11) is 4.04. The molecule has 0 saturated heterocycles. The standard InChI is InChI=1S/C11H13N3S/c1-14(2)10-6-4-3-5-8(10)9-7-15-11(12)13-9/h3-7H,1-2H3,(H2,12,13). The summed E-state index contributed by atoms with van der Waals surface area (Å²) in [6.45, 7) is 0. The van der Waals surface area contributed by atoms with Crippen molar-refractivity contribution in [3.63, 3.8) is 0 Å². The molecule has 3 nitrogen and oxygen atoms in total. The largest absolute Gasteiger partial charge is 0.377 e. The average Bonchev–Trinajstić information content (AvgIpc) is 2.65. The molecule has 0 aliphatic heterocycles. The molecule has 2 aromatic rings. The molecule has 0 atom stereocenters. The Morgan fingerprint density at radius 2 is 2.00 bits per heavy atom. The van der Waals surface area contributed by atoms with E-state index in [9.17, 15) is 0 Å². The summed E-state index contributed by atoms with van der Waals surface area (Å²) in [5.41, 5.74) is 8.86. The zero-order chi connectivity index (χ0) is 10.8. The van der Waals surface area contributed by atoms with E-state index in [1.165, 1.54) is 11.3 Å². The number of rotatable bonds is 2. The van der Waals surface area contributed by atoms with E-state index in [0.717, 1.165) is 16.9 Å². The molecule has 15 heavy (non-hydrogen) atoms. The quantitative estimate of drug-likeness (QED) is 0.843.